The Hall–Kier alpha value is -5.14. The van der Waals surface area contributed by atoms with Crippen molar-refractivity contribution in [2.45, 2.75) is 39.5 Å². The number of halogens is 3. The predicted molar refractivity (Wildman–Crippen MR) is 153 cm³/mol. The molecular formula is C29H30F3N7O4. The van der Waals surface area contributed by atoms with E-state index in [1.165, 1.54) is 31.4 Å². The molecule has 0 aliphatic heterocycles. The van der Waals surface area contributed by atoms with E-state index in [2.05, 4.69) is 20.7 Å². The van der Waals surface area contributed by atoms with Crippen molar-refractivity contribution >= 4 is 34.7 Å². The molecule has 0 bridgehead atoms. The second-order valence-corrected chi connectivity index (χ2v) is 9.54. The molecular weight excluding hydrogens is 567 g/mol. The van der Waals surface area contributed by atoms with Gasteiger partial charge in [-0.15, -0.1) is 0 Å². The van der Waals surface area contributed by atoms with Crippen molar-refractivity contribution in [3.63, 3.8) is 0 Å². The minimum Gasteiger partial charge on any atom is -0.494 e. The summed E-state index contributed by atoms with van der Waals surface area (Å²) < 4.78 is 47.0. The summed E-state index contributed by atoms with van der Waals surface area (Å²) in [6.45, 7) is 4.46. The van der Waals surface area contributed by atoms with Crippen molar-refractivity contribution in [2.75, 3.05) is 19.0 Å². The quantitative estimate of drug-likeness (QED) is 0.224. The Balaban J connectivity index is 1.51. The number of anilines is 1. The van der Waals surface area contributed by atoms with Crippen LogP contribution >= 0.6 is 0 Å². The molecule has 4 rings (SSSR count). The number of hydrogen-bond donors (Lipinski definition) is 3. The van der Waals surface area contributed by atoms with Crippen LogP contribution in [-0.4, -0.2) is 50.7 Å². The predicted octanol–water partition coefficient (Wildman–Crippen LogP) is 3.85. The van der Waals surface area contributed by atoms with Gasteiger partial charge in [0.1, 0.15) is 17.0 Å². The molecule has 0 unspecified atom stereocenters. The molecule has 226 valence electrons. The third-order valence-electron chi connectivity index (χ3n) is 6.49. The lowest BCUT2D eigenvalue weighted by atomic mass is 10.1. The summed E-state index contributed by atoms with van der Waals surface area (Å²) in [6, 6.07) is 9.05. The van der Waals surface area contributed by atoms with E-state index < -0.39 is 23.6 Å². The molecule has 0 saturated heterocycles. The molecule has 2 aromatic heterocycles. The molecule has 0 saturated carbocycles. The van der Waals surface area contributed by atoms with Gasteiger partial charge in [0, 0.05) is 25.2 Å². The zero-order valence-corrected chi connectivity index (χ0v) is 23.7. The third kappa shape index (κ3) is 7.20. The SMILES string of the molecule is CCn1nc(C)cc1C(=O)Nc1nc2cc(C(N)=O)cc(OC)c2n1C/C=C/CNC(=O)Cc1ccc(C(F)(F)F)cc1. The molecule has 4 N–H and O–H groups in total. The van der Waals surface area contributed by atoms with Gasteiger partial charge in [-0.3, -0.25) is 24.4 Å². The second-order valence-electron chi connectivity index (χ2n) is 9.54. The number of carbonyl (C=O) groups is 3. The molecule has 0 radical (unpaired) electrons. The highest BCUT2D eigenvalue weighted by molar-refractivity contribution is 6.04. The first-order valence-electron chi connectivity index (χ1n) is 13.2. The van der Waals surface area contributed by atoms with Crippen LogP contribution in [-0.2, 0) is 30.5 Å². The normalized spacial score (nSPS) is 11.7. The van der Waals surface area contributed by atoms with Crippen LogP contribution in [0, 0.1) is 6.92 Å². The number of ether oxygens (including phenoxy) is 1. The number of hydrogen-bond acceptors (Lipinski definition) is 6. The highest BCUT2D eigenvalue weighted by atomic mass is 19.4. The highest BCUT2D eigenvalue weighted by Crippen LogP contribution is 2.31. The van der Waals surface area contributed by atoms with Crippen LogP contribution in [0.5, 0.6) is 5.75 Å². The average Bonchev–Trinajstić information content (AvgIpc) is 3.51. The van der Waals surface area contributed by atoms with Gasteiger partial charge in [0.15, 0.2) is 0 Å². The van der Waals surface area contributed by atoms with Crippen molar-refractivity contribution in [1.82, 2.24) is 24.6 Å². The molecule has 0 aliphatic carbocycles. The molecule has 2 heterocycles. The Morgan fingerprint density at radius 2 is 1.81 bits per heavy atom. The molecule has 0 fully saturated rings. The van der Waals surface area contributed by atoms with Crippen molar-refractivity contribution in [3.8, 4) is 5.75 Å². The number of amides is 3. The Labute approximate surface area is 244 Å². The number of nitrogens with zero attached hydrogens (tertiary/aromatic N) is 4. The summed E-state index contributed by atoms with van der Waals surface area (Å²) >= 11 is 0. The van der Waals surface area contributed by atoms with E-state index in [4.69, 9.17) is 10.5 Å². The van der Waals surface area contributed by atoms with Crippen LogP contribution in [0.2, 0.25) is 0 Å². The fourth-order valence-electron chi connectivity index (χ4n) is 4.43. The maximum Gasteiger partial charge on any atom is 0.416 e. The Morgan fingerprint density at radius 3 is 2.44 bits per heavy atom. The van der Waals surface area contributed by atoms with E-state index >= 15 is 0 Å². The maximum absolute atomic E-state index is 13.2. The van der Waals surface area contributed by atoms with Crippen LogP contribution < -0.4 is 21.1 Å². The van der Waals surface area contributed by atoms with E-state index in [-0.39, 0.29) is 36.9 Å². The second kappa shape index (κ2) is 12.8. The number of aromatic nitrogens is 4. The van der Waals surface area contributed by atoms with E-state index in [1.54, 1.807) is 34.4 Å². The Morgan fingerprint density at radius 1 is 1.09 bits per heavy atom. The number of methoxy groups -OCH3 is 1. The average molecular weight is 598 g/mol. The number of nitrogens with two attached hydrogens (primary N) is 1. The maximum atomic E-state index is 13.2. The van der Waals surface area contributed by atoms with Crippen molar-refractivity contribution in [1.29, 1.82) is 0 Å². The fraction of sp³-hybridized carbons (Fsp3) is 0.276. The van der Waals surface area contributed by atoms with Gasteiger partial charge in [0.05, 0.1) is 30.3 Å². The van der Waals surface area contributed by atoms with E-state index in [0.717, 1.165) is 12.1 Å². The molecule has 4 aromatic rings. The first-order chi connectivity index (χ1) is 20.4. The minimum atomic E-state index is -4.44. The number of allylic oxidation sites excluding steroid dienone is 1. The number of benzene rings is 2. The summed E-state index contributed by atoms with van der Waals surface area (Å²) in [7, 11) is 1.43. The number of alkyl halides is 3. The smallest absolute Gasteiger partial charge is 0.416 e. The highest BCUT2D eigenvalue weighted by Gasteiger charge is 2.30. The van der Waals surface area contributed by atoms with Gasteiger partial charge >= 0.3 is 6.18 Å². The zero-order valence-electron chi connectivity index (χ0n) is 23.7. The number of nitrogens with one attached hydrogen (secondary N) is 2. The van der Waals surface area contributed by atoms with E-state index in [9.17, 15) is 27.6 Å². The number of imidazole rings is 1. The van der Waals surface area contributed by atoms with Crippen LogP contribution in [0.3, 0.4) is 0 Å². The van der Waals surface area contributed by atoms with Gasteiger partial charge in [0.25, 0.3) is 5.91 Å². The number of fused-ring (bicyclic) bond motifs is 1. The monoisotopic (exact) mass is 597 g/mol. The first-order valence-corrected chi connectivity index (χ1v) is 13.2. The lowest BCUT2D eigenvalue weighted by Crippen LogP contribution is -2.25. The van der Waals surface area contributed by atoms with Crippen LogP contribution in [0.15, 0.2) is 54.6 Å². The molecule has 43 heavy (non-hydrogen) atoms. The lowest BCUT2D eigenvalue weighted by molar-refractivity contribution is -0.137. The van der Waals surface area contributed by atoms with Gasteiger partial charge in [-0.2, -0.15) is 18.3 Å². The van der Waals surface area contributed by atoms with Crippen LogP contribution in [0.25, 0.3) is 11.0 Å². The van der Waals surface area contributed by atoms with Gasteiger partial charge in [-0.05, 0) is 49.7 Å². The van der Waals surface area contributed by atoms with Gasteiger partial charge < -0.3 is 20.4 Å². The third-order valence-corrected chi connectivity index (χ3v) is 6.49. The van der Waals surface area contributed by atoms with Gasteiger partial charge in [-0.25, -0.2) is 4.98 Å². The summed E-state index contributed by atoms with van der Waals surface area (Å²) in [5, 5.41) is 9.81. The molecule has 2 aromatic carbocycles. The summed E-state index contributed by atoms with van der Waals surface area (Å²) in [5.41, 5.74) is 7.20. The van der Waals surface area contributed by atoms with E-state index in [0.29, 0.717) is 40.3 Å². The number of carbonyl (C=O) groups excluding carboxylic acids is 3. The molecule has 0 aliphatic rings. The largest absolute Gasteiger partial charge is 0.494 e. The minimum absolute atomic E-state index is 0.0818. The zero-order chi connectivity index (χ0) is 31.3. The number of primary amides is 1. The molecule has 14 heteroatoms. The van der Waals surface area contributed by atoms with Gasteiger partial charge in [0.2, 0.25) is 17.8 Å². The van der Waals surface area contributed by atoms with Crippen LogP contribution in [0.1, 0.15) is 44.6 Å². The van der Waals surface area contributed by atoms with Gasteiger partial charge in [-0.1, -0.05) is 24.3 Å². The summed E-state index contributed by atoms with van der Waals surface area (Å²) in [4.78, 5) is 41.9. The number of aryl methyl sites for hydroxylation is 2. The Bertz CT molecular complexity index is 1690. The standard InChI is InChI=1S/C29H30F3N7O4/c1-4-39-22(13-17(2)37-39)27(42)36-28-35-21-15-19(26(33)41)16-23(43-3)25(21)38(28)12-6-5-11-34-24(40)14-18-7-9-20(10-8-18)29(30,31)32/h5-10,13,15-16H,4,11-12,14H2,1-3H3,(H2,33,41)(H,34,40)(H,35,36,42)/b6-5+. The molecule has 0 atom stereocenters. The van der Waals surface area contributed by atoms with Crippen molar-refractivity contribution in [2.24, 2.45) is 5.73 Å². The molecule has 0 spiro atoms. The van der Waals surface area contributed by atoms with E-state index in [1.807, 2.05) is 6.92 Å². The molecule has 11 nitrogen and oxygen atoms in total. The lowest BCUT2D eigenvalue weighted by Gasteiger charge is -2.11. The Kier molecular flexibility index (Phi) is 9.17. The first kappa shape index (κ1) is 30.8. The summed E-state index contributed by atoms with van der Waals surface area (Å²) in [6.07, 6.45) is -1.11. The summed E-state index contributed by atoms with van der Waals surface area (Å²) in [5.74, 6) is -0.986. The topological polar surface area (TPSA) is 146 Å². The van der Waals surface area contributed by atoms with Crippen molar-refractivity contribution in [3.05, 3.63) is 82.7 Å². The van der Waals surface area contributed by atoms with Crippen molar-refractivity contribution < 1.29 is 32.3 Å². The fourth-order valence-corrected chi connectivity index (χ4v) is 4.43. The number of rotatable bonds is 11. The molecule has 3 amide bonds. The van der Waals surface area contributed by atoms with Crippen LogP contribution in [0.4, 0.5) is 19.1 Å².